The van der Waals surface area contributed by atoms with E-state index in [0.717, 1.165) is 20.1 Å². The summed E-state index contributed by atoms with van der Waals surface area (Å²) in [5.41, 5.74) is -1.16. The molecule has 0 aromatic carbocycles. The Morgan fingerprint density at radius 1 is 1.38 bits per heavy atom. The molecule has 1 saturated heterocycles. The number of aromatic nitrogens is 2. The van der Waals surface area contributed by atoms with Crippen LogP contribution in [0.5, 0.6) is 0 Å². The zero-order chi connectivity index (χ0) is 15.7. The van der Waals surface area contributed by atoms with Gasteiger partial charge in [-0.3, -0.25) is 18.7 Å². The minimum absolute atomic E-state index is 0.0384. The maximum Gasteiger partial charge on any atom is 0.331 e. The van der Waals surface area contributed by atoms with Crippen LogP contribution >= 0.6 is 0 Å². The molecule has 114 valence electrons. The first kappa shape index (κ1) is 15.0. The van der Waals surface area contributed by atoms with Crippen LogP contribution in [-0.4, -0.2) is 54.8 Å². The van der Waals surface area contributed by atoms with Gasteiger partial charge >= 0.3 is 11.7 Å². The number of β-amino-alcohol motifs (C(OH)–C–C–N with tert-alkyl or cyclic N) is 1. The topological polar surface area (TPSA) is 122 Å². The molecule has 9 nitrogen and oxygen atoms in total. The molecule has 0 saturated carbocycles. The number of carbonyl (C=O) groups is 2. The summed E-state index contributed by atoms with van der Waals surface area (Å²) in [5.74, 6) is -1.80. The van der Waals surface area contributed by atoms with Crippen LogP contribution in [0.25, 0.3) is 0 Å². The Labute approximate surface area is 118 Å². The van der Waals surface area contributed by atoms with Gasteiger partial charge in [0.2, 0.25) is 5.91 Å². The van der Waals surface area contributed by atoms with Gasteiger partial charge in [-0.25, -0.2) is 9.59 Å². The summed E-state index contributed by atoms with van der Waals surface area (Å²) < 4.78 is 1.87. The third kappa shape index (κ3) is 2.87. The van der Waals surface area contributed by atoms with Gasteiger partial charge < -0.3 is 15.1 Å². The quantitative estimate of drug-likeness (QED) is 0.641. The largest absolute Gasteiger partial charge is 0.480 e. The van der Waals surface area contributed by atoms with Crippen molar-refractivity contribution in [2.24, 2.45) is 7.05 Å². The van der Waals surface area contributed by atoms with Crippen molar-refractivity contribution in [3.8, 4) is 0 Å². The van der Waals surface area contributed by atoms with E-state index in [1.165, 1.54) is 13.2 Å². The molecule has 2 rings (SSSR count). The SMILES string of the molecule is Cn1c(=O)ccn(CC(=O)N2C[C@H](O)C[C@H]2C(=O)O)c1=O. The molecule has 2 atom stereocenters. The van der Waals surface area contributed by atoms with Crippen molar-refractivity contribution in [1.29, 1.82) is 0 Å². The van der Waals surface area contributed by atoms with Crippen LogP contribution in [0.4, 0.5) is 0 Å². The summed E-state index contributed by atoms with van der Waals surface area (Å²) >= 11 is 0. The highest BCUT2D eigenvalue weighted by Crippen LogP contribution is 2.18. The summed E-state index contributed by atoms with van der Waals surface area (Å²) in [6.45, 7) is -0.472. The average Bonchev–Trinajstić information content (AvgIpc) is 2.82. The van der Waals surface area contributed by atoms with Gasteiger partial charge in [-0.1, -0.05) is 0 Å². The highest BCUT2D eigenvalue weighted by atomic mass is 16.4. The van der Waals surface area contributed by atoms with Crippen LogP contribution in [0.2, 0.25) is 0 Å². The normalized spacial score (nSPS) is 21.5. The van der Waals surface area contributed by atoms with E-state index < -0.39 is 35.3 Å². The highest BCUT2D eigenvalue weighted by molar-refractivity contribution is 5.84. The van der Waals surface area contributed by atoms with Crippen molar-refractivity contribution in [2.45, 2.75) is 25.1 Å². The Kier molecular flexibility index (Phi) is 3.94. The molecule has 21 heavy (non-hydrogen) atoms. The Balaban J connectivity index is 2.22. The molecule has 2 N–H and O–H groups in total. The predicted molar refractivity (Wildman–Crippen MR) is 69.7 cm³/mol. The Bertz CT molecular complexity index is 691. The molecule has 0 bridgehead atoms. The number of hydrogen-bond acceptors (Lipinski definition) is 5. The number of hydrogen-bond donors (Lipinski definition) is 2. The first-order valence-electron chi connectivity index (χ1n) is 6.28. The molecule has 1 aliphatic rings. The van der Waals surface area contributed by atoms with Crippen LogP contribution in [0.15, 0.2) is 21.9 Å². The third-order valence-electron chi connectivity index (χ3n) is 3.45. The van der Waals surface area contributed by atoms with Crippen molar-refractivity contribution >= 4 is 11.9 Å². The van der Waals surface area contributed by atoms with Gasteiger partial charge in [0.1, 0.15) is 12.6 Å². The standard InChI is InChI=1S/C12H15N3O6/c1-13-9(17)2-3-14(12(13)21)6-10(18)15-5-7(16)4-8(15)11(19)20/h2-3,7-8,16H,4-6H2,1H3,(H,19,20)/t7-,8+/m1/s1. The molecule has 1 fully saturated rings. The van der Waals surface area contributed by atoms with E-state index in [2.05, 4.69) is 0 Å². The molecule has 1 aromatic heterocycles. The lowest BCUT2D eigenvalue weighted by molar-refractivity contribution is -0.148. The molecule has 1 amide bonds. The zero-order valence-electron chi connectivity index (χ0n) is 11.3. The van der Waals surface area contributed by atoms with Gasteiger partial charge in [0.25, 0.3) is 5.56 Å². The van der Waals surface area contributed by atoms with Gasteiger partial charge in [-0.15, -0.1) is 0 Å². The molecule has 1 aliphatic heterocycles. The van der Waals surface area contributed by atoms with Gasteiger partial charge in [0, 0.05) is 32.3 Å². The van der Waals surface area contributed by atoms with Crippen molar-refractivity contribution < 1.29 is 19.8 Å². The summed E-state index contributed by atoms with van der Waals surface area (Å²) in [5, 5.41) is 18.5. The summed E-state index contributed by atoms with van der Waals surface area (Å²) in [7, 11) is 1.28. The number of carboxylic acid groups (broad SMARTS) is 1. The predicted octanol–water partition coefficient (Wildman–Crippen LogP) is -2.41. The van der Waals surface area contributed by atoms with E-state index in [9.17, 15) is 24.3 Å². The summed E-state index contributed by atoms with van der Waals surface area (Å²) in [6, 6.07) is 0.0399. The van der Waals surface area contributed by atoms with E-state index in [0.29, 0.717) is 0 Å². The second-order valence-electron chi connectivity index (χ2n) is 4.91. The van der Waals surface area contributed by atoms with Crippen molar-refractivity contribution in [1.82, 2.24) is 14.0 Å². The fourth-order valence-corrected chi connectivity index (χ4v) is 2.30. The molecule has 1 aromatic rings. The first-order chi connectivity index (χ1) is 9.81. The molecule has 0 unspecified atom stereocenters. The lowest BCUT2D eigenvalue weighted by Crippen LogP contribution is -2.45. The smallest absolute Gasteiger partial charge is 0.331 e. The molecule has 0 spiro atoms. The maximum absolute atomic E-state index is 12.1. The fourth-order valence-electron chi connectivity index (χ4n) is 2.30. The second-order valence-corrected chi connectivity index (χ2v) is 4.91. The van der Waals surface area contributed by atoms with E-state index in [-0.39, 0.29) is 19.5 Å². The molecule has 9 heteroatoms. The lowest BCUT2D eigenvalue weighted by Gasteiger charge is -2.21. The van der Waals surface area contributed by atoms with Gasteiger partial charge in [-0.2, -0.15) is 0 Å². The maximum atomic E-state index is 12.1. The van der Waals surface area contributed by atoms with E-state index in [4.69, 9.17) is 5.11 Å². The number of aliphatic hydroxyl groups excluding tert-OH is 1. The third-order valence-corrected chi connectivity index (χ3v) is 3.45. The summed E-state index contributed by atoms with van der Waals surface area (Å²) in [6.07, 6.45) is 0.251. The number of aliphatic carboxylic acids is 1. The number of carbonyl (C=O) groups excluding carboxylic acids is 1. The lowest BCUT2D eigenvalue weighted by atomic mass is 10.2. The van der Waals surface area contributed by atoms with Gasteiger partial charge in [0.05, 0.1) is 6.10 Å². The van der Waals surface area contributed by atoms with Crippen LogP contribution in [0, 0.1) is 0 Å². The Morgan fingerprint density at radius 3 is 2.67 bits per heavy atom. The van der Waals surface area contributed by atoms with Crippen molar-refractivity contribution in [3.05, 3.63) is 33.1 Å². The van der Waals surface area contributed by atoms with Gasteiger partial charge in [-0.05, 0) is 0 Å². The molecule has 0 radical (unpaired) electrons. The van der Waals surface area contributed by atoms with Gasteiger partial charge in [0.15, 0.2) is 0 Å². The van der Waals surface area contributed by atoms with Crippen molar-refractivity contribution in [3.63, 3.8) is 0 Å². The molecule has 2 heterocycles. The number of aliphatic hydroxyl groups is 1. The van der Waals surface area contributed by atoms with Crippen LogP contribution in [0.3, 0.4) is 0 Å². The zero-order valence-corrected chi connectivity index (χ0v) is 11.3. The monoisotopic (exact) mass is 297 g/mol. The molecular formula is C12H15N3O6. The van der Waals surface area contributed by atoms with Crippen molar-refractivity contribution in [2.75, 3.05) is 6.54 Å². The number of carboxylic acids is 1. The average molecular weight is 297 g/mol. The first-order valence-corrected chi connectivity index (χ1v) is 6.28. The fraction of sp³-hybridized carbons (Fsp3) is 0.500. The van der Waals surface area contributed by atoms with E-state index >= 15 is 0 Å². The van der Waals surface area contributed by atoms with Crippen LogP contribution in [-0.2, 0) is 23.2 Å². The van der Waals surface area contributed by atoms with Crippen LogP contribution < -0.4 is 11.2 Å². The Morgan fingerprint density at radius 2 is 2.05 bits per heavy atom. The Hall–Kier alpha value is -2.42. The molecule has 0 aliphatic carbocycles. The number of likely N-dealkylation sites (tertiary alicyclic amines) is 1. The minimum atomic E-state index is -1.20. The molecular weight excluding hydrogens is 282 g/mol. The second kappa shape index (κ2) is 5.52. The highest BCUT2D eigenvalue weighted by Gasteiger charge is 2.38. The number of amides is 1. The van der Waals surface area contributed by atoms with E-state index in [1.54, 1.807) is 0 Å². The van der Waals surface area contributed by atoms with Crippen LogP contribution in [0.1, 0.15) is 6.42 Å². The number of nitrogens with zero attached hydrogens (tertiary/aromatic N) is 3. The minimum Gasteiger partial charge on any atom is -0.480 e. The van der Waals surface area contributed by atoms with E-state index in [1.807, 2.05) is 0 Å². The number of rotatable bonds is 3. The summed E-state index contributed by atoms with van der Waals surface area (Å²) in [4.78, 5) is 47.3.